The Morgan fingerprint density at radius 3 is 2.80 bits per heavy atom. The number of amides is 1. The predicted molar refractivity (Wildman–Crippen MR) is 98.7 cm³/mol. The first-order chi connectivity index (χ1) is 12.1. The third kappa shape index (κ3) is 4.12. The van der Waals surface area contributed by atoms with Crippen LogP contribution in [0.4, 0.5) is 0 Å². The van der Waals surface area contributed by atoms with Crippen molar-refractivity contribution in [3.8, 4) is 6.07 Å². The molecule has 0 saturated carbocycles. The smallest absolute Gasteiger partial charge is 0.233 e. The van der Waals surface area contributed by atoms with Gasteiger partial charge in [-0.3, -0.25) is 4.79 Å². The number of hydrogen-bond donors (Lipinski definition) is 0. The van der Waals surface area contributed by atoms with Gasteiger partial charge < -0.3 is 9.64 Å². The van der Waals surface area contributed by atoms with E-state index in [0.717, 1.165) is 10.9 Å². The molecule has 1 fully saturated rings. The van der Waals surface area contributed by atoms with E-state index in [4.69, 9.17) is 4.74 Å². The minimum Gasteiger partial charge on any atom is -0.378 e. The van der Waals surface area contributed by atoms with Gasteiger partial charge in [0.25, 0.3) is 0 Å². The summed E-state index contributed by atoms with van der Waals surface area (Å²) in [6, 6.07) is 10.2. The number of nitriles is 1. The van der Waals surface area contributed by atoms with Crippen LogP contribution >= 0.6 is 11.8 Å². The highest BCUT2D eigenvalue weighted by molar-refractivity contribution is 8.00. The van der Waals surface area contributed by atoms with Gasteiger partial charge in [-0.05, 0) is 29.7 Å². The average Bonchev–Trinajstić information content (AvgIpc) is 2.65. The molecule has 1 saturated heterocycles. The molecule has 0 radical (unpaired) electrons. The van der Waals surface area contributed by atoms with Gasteiger partial charge in [-0.1, -0.05) is 31.7 Å². The highest BCUT2D eigenvalue weighted by Crippen LogP contribution is 2.27. The van der Waals surface area contributed by atoms with Crippen molar-refractivity contribution in [3.63, 3.8) is 0 Å². The number of fused-ring (bicyclic) bond motifs is 1. The number of ether oxygens (including phenoxy) is 1. The van der Waals surface area contributed by atoms with Crippen molar-refractivity contribution in [1.82, 2.24) is 9.88 Å². The lowest BCUT2D eigenvalue weighted by Gasteiger charge is -2.26. The predicted octanol–water partition coefficient (Wildman–Crippen LogP) is 3.18. The van der Waals surface area contributed by atoms with Crippen molar-refractivity contribution in [3.05, 3.63) is 35.4 Å². The van der Waals surface area contributed by atoms with Gasteiger partial charge >= 0.3 is 0 Å². The van der Waals surface area contributed by atoms with Crippen LogP contribution in [0.5, 0.6) is 0 Å². The van der Waals surface area contributed by atoms with Crippen molar-refractivity contribution >= 4 is 28.6 Å². The summed E-state index contributed by atoms with van der Waals surface area (Å²) in [5.74, 6) is 0.779. The fourth-order valence-corrected chi connectivity index (χ4v) is 3.63. The lowest BCUT2D eigenvalue weighted by Crippen LogP contribution is -2.41. The Morgan fingerprint density at radius 1 is 1.36 bits per heavy atom. The molecule has 1 aliphatic rings. The van der Waals surface area contributed by atoms with Gasteiger partial charge in [0.2, 0.25) is 5.91 Å². The van der Waals surface area contributed by atoms with Gasteiger partial charge in [0, 0.05) is 18.5 Å². The van der Waals surface area contributed by atoms with E-state index < -0.39 is 0 Å². The van der Waals surface area contributed by atoms with E-state index in [0.29, 0.717) is 42.8 Å². The fourth-order valence-electron chi connectivity index (χ4n) is 2.76. The lowest BCUT2D eigenvalue weighted by atomic mass is 10.0. The summed E-state index contributed by atoms with van der Waals surface area (Å²) in [6.07, 6.45) is 0. The molecule has 1 aliphatic heterocycles. The van der Waals surface area contributed by atoms with Crippen molar-refractivity contribution in [1.29, 1.82) is 5.26 Å². The van der Waals surface area contributed by atoms with Crippen LogP contribution in [0.15, 0.2) is 29.3 Å². The normalized spacial score (nSPS) is 14.7. The molecule has 1 aromatic heterocycles. The third-order valence-corrected chi connectivity index (χ3v) is 5.26. The zero-order valence-corrected chi connectivity index (χ0v) is 15.3. The number of pyridine rings is 1. The standard InChI is InChI=1S/C19H21N3O2S/c1-13(2)14-3-4-17-15(9-14)10-16(11-20)19(21-17)25-12-18(23)22-5-7-24-8-6-22/h3-4,9-10,13H,5-8,12H2,1-2H3. The molecule has 1 aromatic carbocycles. The fraction of sp³-hybridized carbons (Fsp3) is 0.421. The van der Waals surface area contributed by atoms with Gasteiger partial charge in [0.1, 0.15) is 11.1 Å². The van der Waals surface area contributed by atoms with Gasteiger partial charge in [-0.2, -0.15) is 5.26 Å². The van der Waals surface area contributed by atoms with E-state index in [-0.39, 0.29) is 11.7 Å². The first-order valence-corrected chi connectivity index (χ1v) is 9.40. The molecule has 0 bridgehead atoms. The van der Waals surface area contributed by atoms with Crippen molar-refractivity contribution < 1.29 is 9.53 Å². The number of carbonyl (C=O) groups excluding carboxylic acids is 1. The number of rotatable bonds is 4. The quantitative estimate of drug-likeness (QED) is 0.788. The molecule has 0 unspecified atom stereocenters. The van der Waals surface area contributed by atoms with Crippen LogP contribution in [0, 0.1) is 11.3 Å². The van der Waals surface area contributed by atoms with Gasteiger partial charge in [-0.15, -0.1) is 0 Å². The molecule has 0 N–H and O–H groups in total. The summed E-state index contributed by atoms with van der Waals surface area (Å²) >= 11 is 1.33. The van der Waals surface area contributed by atoms with Crippen LogP contribution in [0.25, 0.3) is 10.9 Å². The summed E-state index contributed by atoms with van der Waals surface area (Å²) in [7, 11) is 0. The number of morpholine rings is 1. The lowest BCUT2D eigenvalue weighted by molar-refractivity contribution is -0.132. The maximum absolute atomic E-state index is 12.3. The minimum atomic E-state index is 0.0641. The summed E-state index contributed by atoms with van der Waals surface area (Å²) in [4.78, 5) is 18.7. The molecule has 25 heavy (non-hydrogen) atoms. The Kier molecular flexibility index (Phi) is 5.57. The van der Waals surface area contributed by atoms with E-state index in [9.17, 15) is 10.1 Å². The summed E-state index contributed by atoms with van der Waals surface area (Å²) in [5, 5.41) is 11.0. The van der Waals surface area contributed by atoms with Crippen LogP contribution in [0.1, 0.15) is 30.9 Å². The summed E-state index contributed by atoms with van der Waals surface area (Å²) < 4.78 is 5.27. The zero-order chi connectivity index (χ0) is 17.8. The topological polar surface area (TPSA) is 66.2 Å². The van der Waals surface area contributed by atoms with Crippen LogP contribution in [-0.2, 0) is 9.53 Å². The molecule has 0 aliphatic carbocycles. The van der Waals surface area contributed by atoms with Crippen LogP contribution in [-0.4, -0.2) is 47.8 Å². The average molecular weight is 355 g/mol. The molecule has 5 nitrogen and oxygen atoms in total. The molecule has 0 spiro atoms. The molecule has 2 aromatic rings. The molecule has 130 valence electrons. The first-order valence-electron chi connectivity index (χ1n) is 8.41. The highest BCUT2D eigenvalue weighted by atomic mass is 32.2. The molecule has 3 rings (SSSR count). The van der Waals surface area contributed by atoms with Crippen molar-refractivity contribution in [2.24, 2.45) is 0 Å². The Balaban J connectivity index is 1.79. The molecule has 0 atom stereocenters. The largest absolute Gasteiger partial charge is 0.378 e. The van der Waals surface area contributed by atoms with Crippen molar-refractivity contribution in [2.45, 2.75) is 24.8 Å². The highest BCUT2D eigenvalue weighted by Gasteiger charge is 2.18. The second-order valence-corrected chi connectivity index (χ2v) is 7.31. The third-order valence-electron chi connectivity index (χ3n) is 4.29. The molecule has 1 amide bonds. The molecular formula is C19H21N3O2S. The molecule has 2 heterocycles. The van der Waals surface area contributed by atoms with Crippen LogP contribution in [0.3, 0.4) is 0 Å². The Labute approximate surface area is 152 Å². The Morgan fingerprint density at radius 2 is 2.12 bits per heavy atom. The van der Waals surface area contributed by atoms with E-state index in [2.05, 4.69) is 37.0 Å². The second kappa shape index (κ2) is 7.85. The van der Waals surface area contributed by atoms with E-state index in [1.165, 1.54) is 17.3 Å². The first kappa shape index (κ1) is 17.7. The van der Waals surface area contributed by atoms with Crippen LogP contribution in [0.2, 0.25) is 0 Å². The van der Waals surface area contributed by atoms with Gasteiger partial charge in [-0.25, -0.2) is 4.98 Å². The maximum Gasteiger partial charge on any atom is 0.233 e. The van der Waals surface area contributed by atoms with E-state index in [1.807, 2.05) is 12.1 Å². The van der Waals surface area contributed by atoms with Gasteiger partial charge in [0.15, 0.2) is 0 Å². The maximum atomic E-state index is 12.3. The number of nitrogens with zero attached hydrogens (tertiary/aromatic N) is 3. The zero-order valence-electron chi connectivity index (χ0n) is 14.5. The van der Waals surface area contributed by atoms with Crippen molar-refractivity contribution in [2.75, 3.05) is 32.1 Å². The number of carbonyl (C=O) groups is 1. The SMILES string of the molecule is CC(C)c1ccc2nc(SCC(=O)N3CCOCC3)c(C#N)cc2c1. The minimum absolute atomic E-state index is 0.0641. The summed E-state index contributed by atoms with van der Waals surface area (Å²) in [6.45, 7) is 6.72. The van der Waals surface area contributed by atoms with E-state index >= 15 is 0 Å². The van der Waals surface area contributed by atoms with E-state index in [1.54, 1.807) is 4.90 Å². The number of hydrogen-bond acceptors (Lipinski definition) is 5. The summed E-state index contributed by atoms with van der Waals surface area (Å²) in [5.41, 5.74) is 2.60. The molecule has 6 heteroatoms. The monoisotopic (exact) mass is 355 g/mol. The Bertz CT molecular complexity index is 823. The van der Waals surface area contributed by atoms with Crippen LogP contribution < -0.4 is 0 Å². The molecular weight excluding hydrogens is 334 g/mol. The number of benzene rings is 1. The Hall–Kier alpha value is -2.10. The second-order valence-electron chi connectivity index (χ2n) is 6.34. The van der Waals surface area contributed by atoms with Gasteiger partial charge in [0.05, 0.1) is 30.0 Å². The number of thioether (sulfide) groups is 1. The number of aromatic nitrogens is 1.